The lowest BCUT2D eigenvalue weighted by Gasteiger charge is -2.03. The Hall–Kier alpha value is -2.41. The van der Waals surface area contributed by atoms with Gasteiger partial charge in [0.1, 0.15) is 6.20 Å². The highest BCUT2D eigenvalue weighted by Gasteiger charge is 2.26. The first-order valence-corrected chi connectivity index (χ1v) is 6.44. The molecule has 7 nitrogen and oxygen atoms in total. The fraction of sp³-hybridized carbons (Fsp3) is 0.231. The molecule has 0 radical (unpaired) electrons. The maximum absolute atomic E-state index is 11.5. The summed E-state index contributed by atoms with van der Waals surface area (Å²) in [6, 6.07) is 7.30. The Kier molecular flexibility index (Phi) is 4.54. The Morgan fingerprint density at radius 1 is 1.48 bits per heavy atom. The molecule has 21 heavy (non-hydrogen) atoms. The second-order valence-corrected chi connectivity index (χ2v) is 4.62. The second kappa shape index (κ2) is 6.36. The van der Waals surface area contributed by atoms with Crippen molar-refractivity contribution in [2.24, 2.45) is 0 Å². The third-order valence-corrected chi connectivity index (χ3v) is 3.25. The molecule has 0 saturated carbocycles. The number of nitrogens with zero attached hydrogens (tertiary/aromatic N) is 3. The highest BCUT2D eigenvalue weighted by Crippen LogP contribution is 2.19. The minimum Gasteiger partial charge on any atom is -0.464 e. The van der Waals surface area contributed by atoms with E-state index in [2.05, 4.69) is 9.84 Å². The number of hydrogen-bond acceptors (Lipinski definition) is 5. The van der Waals surface area contributed by atoms with Crippen LogP contribution in [0.2, 0.25) is 5.02 Å². The van der Waals surface area contributed by atoms with Gasteiger partial charge in [0, 0.05) is 11.6 Å². The summed E-state index contributed by atoms with van der Waals surface area (Å²) in [7, 11) is 1.15. The summed E-state index contributed by atoms with van der Waals surface area (Å²) in [4.78, 5) is 21.7. The molecule has 1 aromatic heterocycles. The van der Waals surface area contributed by atoms with Crippen molar-refractivity contribution in [3.05, 3.63) is 56.9 Å². The SMILES string of the molecule is COC(=O)c1nn(CCc2ccccc2Cl)cc1[N+](=O)[O-]. The summed E-state index contributed by atoms with van der Waals surface area (Å²) < 4.78 is 5.82. The predicted octanol–water partition coefficient (Wildman–Crippen LogP) is 2.47. The molecule has 0 saturated heterocycles. The van der Waals surface area contributed by atoms with Gasteiger partial charge in [0.2, 0.25) is 5.69 Å². The van der Waals surface area contributed by atoms with Crippen LogP contribution in [0.3, 0.4) is 0 Å². The molecule has 110 valence electrons. The van der Waals surface area contributed by atoms with Crippen molar-refractivity contribution in [1.29, 1.82) is 0 Å². The van der Waals surface area contributed by atoms with E-state index in [4.69, 9.17) is 11.6 Å². The number of esters is 1. The smallest absolute Gasteiger partial charge is 0.365 e. The summed E-state index contributed by atoms with van der Waals surface area (Å²) in [5.41, 5.74) is 0.222. The molecule has 0 aliphatic carbocycles. The molecule has 0 atom stereocenters. The van der Waals surface area contributed by atoms with E-state index in [1.807, 2.05) is 18.2 Å². The number of aryl methyl sites for hydroxylation is 2. The summed E-state index contributed by atoms with van der Waals surface area (Å²) in [5, 5.41) is 15.4. The summed E-state index contributed by atoms with van der Waals surface area (Å²) in [6.45, 7) is 0.363. The number of halogens is 1. The maximum atomic E-state index is 11.5. The molecule has 0 unspecified atom stereocenters. The molecule has 8 heteroatoms. The van der Waals surface area contributed by atoms with Crippen LogP contribution in [0.4, 0.5) is 5.69 Å². The number of aromatic nitrogens is 2. The molecule has 0 amide bonds. The van der Waals surface area contributed by atoms with Crippen molar-refractivity contribution in [3.8, 4) is 0 Å². The molecular weight excluding hydrogens is 298 g/mol. The Morgan fingerprint density at radius 3 is 2.81 bits per heavy atom. The van der Waals surface area contributed by atoms with Crippen LogP contribution in [0.25, 0.3) is 0 Å². The Morgan fingerprint density at radius 2 is 2.19 bits per heavy atom. The second-order valence-electron chi connectivity index (χ2n) is 4.22. The highest BCUT2D eigenvalue weighted by molar-refractivity contribution is 6.31. The zero-order valence-electron chi connectivity index (χ0n) is 11.2. The van der Waals surface area contributed by atoms with Gasteiger partial charge >= 0.3 is 11.7 Å². The third kappa shape index (κ3) is 3.38. The number of carbonyl (C=O) groups excluding carboxylic acids is 1. The van der Waals surface area contributed by atoms with Gasteiger partial charge in [-0.1, -0.05) is 29.8 Å². The first kappa shape index (κ1) is 15.0. The molecule has 0 spiro atoms. The van der Waals surface area contributed by atoms with Gasteiger partial charge < -0.3 is 4.74 Å². The Labute approximate surface area is 125 Å². The first-order chi connectivity index (χ1) is 10.0. The van der Waals surface area contributed by atoms with Gasteiger partial charge in [-0.05, 0) is 18.1 Å². The van der Waals surface area contributed by atoms with Crippen LogP contribution >= 0.6 is 11.6 Å². The highest BCUT2D eigenvalue weighted by atomic mass is 35.5. The van der Waals surface area contributed by atoms with Crippen LogP contribution in [0.15, 0.2) is 30.5 Å². The van der Waals surface area contributed by atoms with Gasteiger partial charge in [0.05, 0.1) is 12.0 Å². The minimum absolute atomic E-state index is 0.304. The molecular formula is C13H12ClN3O4. The average molecular weight is 310 g/mol. The lowest BCUT2D eigenvalue weighted by atomic mass is 10.1. The Bertz CT molecular complexity index is 684. The van der Waals surface area contributed by atoms with E-state index in [-0.39, 0.29) is 11.4 Å². The van der Waals surface area contributed by atoms with E-state index in [9.17, 15) is 14.9 Å². The normalized spacial score (nSPS) is 10.4. The molecule has 0 fully saturated rings. The van der Waals surface area contributed by atoms with Crippen molar-refractivity contribution in [3.63, 3.8) is 0 Å². The topological polar surface area (TPSA) is 87.3 Å². The number of hydrogen-bond donors (Lipinski definition) is 0. The number of methoxy groups -OCH3 is 1. The summed E-state index contributed by atoms with van der Waals surface area (Å²) in [5.74, 6) is -0.835. The fourth-order valence-corrected chi connectivity index (χ4v) is 2.07. The molecule has 0 aliphatic heterocycles. The van der Waals surface area contributed by atoms with Crippen LogP contribution in [0.1, 0.15) is 16.1 Å². The van der Waals surface area contributed by atoms with Gasteiger partial charge in [-0.15, -0.1) is 0 Å². The van der Waals surface area contributed by atoms with Gasteiger partial charge in [0.25, 0.3) is 0 Å². The molecule has 1 aromatic carbocycles. The zero-order chi connectivity index (χ0) is 15.4. The molecule has 2 rings (SSSR count). The quantitative estimate of drug-likeness (QED) is 0.481. The van der Waals surface area contributed by atoms with Crippen molar-refractivity contribution in [2.45, 2.75) is 13.0 Å². The maximum Gasteiger partial charge on any atom is 0.365 e. The van der Waals surface area contributed by atoms with Crippen molar-refractivity contribution in [2.75, 3.05) is 7.11 Å². The Balaban J connectivity index is 2.20. The van der Waals surface area contributed by atoms with Crippen molar-refractivity contribution < 1.29 is 14.5 Å². The average Bonchev–Trinajstić information content (AvgIpc) is 2.90. The largest absolute Gasteiger partial charge is 0.464 e. The number of benzene rings is 1. The molecule has 2 aromatic rings. The van der Waals surface area contributed by atoms with E-state index in [0.717, 1.165) is 12.7 Å². The van der Waals surface area contributed by atoms with E-state index in [1.54, 1.807) is 6.07 Å². The minimum atomic E-state index is -0.835. The standard InChI is InChI=1S/C13H12ClN3O4/c1-21-13(18)12-11(17(19)20)8-16(15-12)7-6-9-4-2-3-5-10(9)14/h2-5,8H,6-7H2,1H3. The third-order valence-electron chi connectivity index (χ3n) is 2.89. The fourth-order valence-electron chi connectivity index (χ4n) is 1.84. The molecule has 1 heterocycles. The molecule has 0 N–H and O–H groups in total. The van der Waals surface area contributed by atoms with Crippen LogP contribution < -0.4 is 0 Å². The van der Waals surface area contributed by atoms with E-state index < -0.39 is 10.9 Å². The molecule has 0 bridgehead atoms. The van der Waals surface area contributed by atoms with Gasteiger partial charge in [0.15, 0.2) is 0 Å². The van der Waals surface area contributed by atoms with E-state index in [1.165, 1.54) is 10.9 Å². The number of rotatable bonds is 5. The number of carbonyl (C=O) groups is 1. The summed E-state index contributed by atoms with van der Waals surface area (Å²) >= 11 is 6.04. The number of ether oxygens (including phenoxy) is 1. The van der Waals surface area contributed by atoms with Crippen molar-refractivity contribution >= 4 is 23.3 Å². The molecule has 0 aliphatic rings. The van der Waals surface area contributed by atoms with E-state index in [0.29, 0.717) is 18.0 Å². The number of nitro groups is 1. The van der Waals surface area contributed by atoms with Crippen LogP contribution in [0.5, 0.6) is 0 Å². The predicted molar refractivity (Wildman–Crippen MR) is 75.4 cm³/mol. The summed E-state index contributed by atoms with van der Waals surface area (Å²) in [6.07, 6.45) is 1.75. The van der Waals surface area contributed by atoms with Gasteiger partial charge in [-0.25, -0.2) is 4.79 Å². The van der Waals surface area contributed by atoms with Crippen LogP contribution in [0, 0.1) is 10.1 Å². The lowest BCUT2D eigenvalue weighted by molar-refractivity contribution is -0.385. The first-order valence-electron chi connectivity index (χ1n) is 6.06. The zero-order valence-corrected chi connectivity index (χ0v) is 11.9. The van der Waals surface area contributed by atoms with Gasteiger partial charge in [-0.3, -0.25) is 14.8 Å². The van der Waals surface area contributed by atoms with Crippen molar-refractivity contribution in [1.82, 2.24) is 9.78 Å². The monoisotopic (exact) mass is 309 g/mol. The lowest BCUT2D eigenvalue weighted by Crippen LogP contribution is -2.07. The van der Waals surface area contributed by atoms with Crippen LogP contribution in [-0.2, 0) is 17.7 Å². The van der Waals surface area contributed by atoms with Crippen LogP contribution in [-0.4, -0.2) is 27.8 Å². The van der Waals surface area contributed by atoms with Gasteiger partial charge in [-0.2, -0.15) is 5.10 Å². The van der Waals surface area contributed by atoms with E-state index >= 15 is 0 Å².